The molecule has 1 aromatic heterocycles. The van der Waals surface area contributed by atoms with Gasteiger partial charge in [0, 0.05) is 6.54 Å². The van der Waals surface area contributed by atoms with Crippen molar-refractivity contribution in [1.29, 1.82) is 0 Å². The summed E-state index contributed by atoms with van der Waals surface area (Å²) in [6.07, 6.45) is 1.13. The maximum atomic E-state index is 12.2. The number of nitrogens with zero attached hydrogens (tertiary/aromatic N) is 1. The molecule has 2 aromatic rings. The summed E-state index contributed by atoms with van der Waals surface area (Å²) in [5.41, 5.74) is 0.690. The first-order valence-electron chi connectivity index (χ1n) is 6.28. The number of esters is 1. The number of sulfonamides is 1. The van der Waals surface area contributed by atoms with Crippen molar-refractivity contribution in [3.8, 4) is 0 Å². The molecule has 0 radical (unpaired) electrons. The highest BCUT2D eigenvalue weighted by molar-refractivity contribution is 7.89. The minimum Gasteiger partial charge on any atom is -0.462 e. The fraction of sp³-hybridized carbons (Fsp3) is 0.231. The van der Waals surface area contributed by atoms with Crippen molar-refractivity contribution >= 4 is 16.0 Å². The van der Waals surface area contributed by atoms with E-state index in [9.17, 15) is 13.2 Å². The maximum Gasteiger partial charge on any atom is 0.342 e. The quantitative estimate of drug-likeness (QED) is 0.777. The van der Waals surface area contributed by atoms with Crippen molar-refractivity contribution in [2.24, 2.45) is 0 Å². The minimum atomic E-state index is -3.88. The van der Waals surface area contributed by atoms with Gasteiger partial charge in [-0.25, -0.2) is 17.9 Å². The van der Waals surface area contributed by atoms with E-state index in [2.05, 4.69) is 14.9 Å². The number of rotatable bonds is 6. The minimum absolute atomic E-state index is 0.114. The number of hydrogen-bond acceptors (Lipinski definition) is 5. The Morgan fingerprint density at radius 2 is 2.05 bits per heavy atom. The van der Waals surface area contributed by atoms with Gasteiger partial charge in [-0.3, -0.25) is 5.10 Å². The number of carbonyl (C=O) groups excluding carboxylic acids is 1. The van der Waals surface area contributed by atoms with Gasteiger partial charge in [-0.05, 0) is 12.5 Å². The van der Waals surface area contributed by atoms with Crippen LogP contribution in [0.25, 0.3) is 0 Å². The van der Waals surface area contributed by atoms with Crippen LogP contribution in [-0.4, -0.2) is 31.2 Å². The van der Waals surface area contributed by atoms with Gasteiger partial charge >= 0.3 is 5.97 Å². The third kappa shape index (κ3) is 3.67. The molecule has 7 nitrogen and oxygen atoms in total. The summed E-state index contributed by atoms with van der Waals surface area (Å²) in [7, 11) is -3.88. The lowest BCUT2D eigenvalue weighted by Crippen LogP contribution is -2.25. The smallest absolute Gasteiger partial charge is 0.342 e. The number of H-pyrrole nitrogens is 1. The van der Waals surface area contributed by atoms with Crippen molar-refractivity contribution in [2.45, 2.75) is 18.5 Å². The van der Waals surface area contributed by atoms with Crippen molar-refractivity contribution in [2.75, 3.05) is 6.61 Å². The highest BCUT2D eigenvalue weighted by Crippen LogP contribution is 2.13. The van der Waals surface area contributed by atoms with Crippen LogP contribution >= 0.6 is 0 Å². The van der Waals surface area contributed by atoms with Gasteiger partial charge < -0.3 is 4.74 Å². The van der Waals surface area contributed by atoms with E-state index in [1.54, 1.807) is 19.1 Å². The average Bonchev–Trinajstić information content (AvgIpc) is 2.97. The van der Waals surface area contributed by atoms with Gasteiger partial charge in [0.25, 0.3) is 10.0 Å². The normalized spacial score (nSPS) is 11.3. The monoisotopic (exact) mass is 309 g/mol. The van der Waals surface area contributed by atoms with Crippen molar-refractivity contribution in [1.82, 2.24) is 14.9 Å². The van der Waals surface area contributed by atoms with E-state index in [1.165, 1.54) is 0 Å². The largest absolute Gasteiger partial charge is 0.462 e. The summed E-state index contributed by atoms with van der Waals surface area (Å²) in [6, 6.07) is 9.04. The molecule has 21 heavy (non-hydrogen) atoms. The average molecular weight is 309 g/mol. The van der Waals surface area contributed by atoms with Crippen LogP contribution in [0.1, 0.15) is 22.8 Å². The van der Waals surface area contributed by atoms with E-state index in [1.807, 2.05) is 18.2 Å². The topological polar surface area (TPSA) is 101 Å². The number of aromatic amines is 1. The molecule has 1 heterocycles. The summed E-state index contributed by atoms with van der Waals surface area (Å²) >= 11 is 0. The van der Waals surface area contributed by atoms with Crippen LogP contribution in [0, 0.1) is 0 Å². The molecule has 0 amide bonds. The summed E-state index contributed by atoms with van der Waals surface area (Å²) < 4.78 is 31.6. The first-order chi connectivity index (χ1) is 10.0. The summed E-state index contributed by atoms with van der Waals surface area (Å²) in [6.45, 7) is 1.91. The molecule has 0 spiro atoms. The number of nitrogens with one attached hydrogen (secondary N) is 2. The van der Waals surface area contributed by atoms with Crippen LogP contribution in [0.3, 0.4) is 0 Å². The van der Waals surface area contributed by atoms with Crippen LogP contribution in [0.2, 0.25) is 0 Å². The lowest BCUT2D eigenvalue weighted by molar-refractivity contribution is 0.0522. The molecule has 0 aliphatic heterocycles. The van der Waals surface area contributed by atoms with Crippen molar-refractivity contribution in [3.63, 3.8) is 0 Å². The molecule has 0 unspecified atom stereocenters. The second-order valence-electron chi connectivity index (χ2n) is 4.14. The van der Waals surface area contributed by atoms with E-state index in [0.717, 1.165) is 11.8 Å². The Balaban J connectivity index is 2.17. The Morgan fingerprint density at radius 1 is 1.33 bits per heavy atom. The first kappa shape index (κ1) is 15.2. The molecule has 112 valence electrons. The summed E-state index contributed by atoms with van der Waals surface area (Å²) in [4.78, 5) is 11.7. The molecule has 8 heteroatoms. The summed E-state index contributed by atoms with van der Waals surface area (Å²) in [5.74, 6) is -0.730. The fourth-order valence-corrected chi connectivity index (χ4v) is 2.78. The maximum absolute atomic E-state index is 12.2. The second kappa shape index (κ2) is 6.51. The van der Waals surface area contributed by atoms with Gasteiger partial charge in [0.15, 0.2) is 5.03 Å². The van der Waals surface area contributed by atoms with Crippen LogP contribution in [0.15, 0.2) is 41.6 Å². The molecule has 1 aromatic carbocycles. The van der Waals surface area contributed by atoms with Gasteiger partial charge in [0.1, 0.15) is 5.56 Å². The lowest BCUT2D eigenvalue weighted by atomic mass is 10.2. The molecule has 0 atom stereocenters. The third-order valence-corrected chi connectivity index (χ3v) is 4.05. The fourth-order valence-electron chi connectivity index (χ4n) is 1.68. The number of benzene rings is 1. The number of aromatic nitrogens is 2. The zero-order valence-corrected chi connectivity index (χ0v) is 12.2. The van der Waals surface area contributed by atoms with Gasteiger partial charge in [-0.2, -0.15) is 5.10 Å². The van der Waals surface area contributed by atoms with Crippen LogP contribution < -0.4 is 4.72 Å². The molecule has 0 aliphatic carbocycles. The Hall–Kier alpha value is -2.19. The Kier molecular flexibility index (Phi) is 4.71. The first-order valence-corrected chi connectivity index (χ1v) is 7.77. The Morgan fingerprint density at radius 3 is 2.71 bits per heavy atom. The third-order valence-electron chi connectivity index (χ3n) is 2.68. The molecule has 0 saturated carbocycles. The van der Waals surface area contributed by atoms with Crippen LogP contribution in [0.5, 0.6) is 0 Å². The SMILES string of the molecule is CCOC(=O)c1cn[nH]c1S(=O)(=O)NCc1ccccc1. The molecule has 0 saturated heterocycles. The van der Waals surface area contributed by atoms with Gasteiger partial charge in [0.05, 0.1) is 12.8 Å². The molecule has 2 N–H and O–H groups in total. The van der Waals surface area contributed by atoms with E-state index in [0.29, 0.717) is 0 Å². The molecular formula is C13H15N3O4S. The van der Waals surface area contributed by atoms with Crippen molar-refractivity contribution < 1.29 is 17.9 Å². The Labute approximate surface area is 122 Å². The number of ether oxygens (including phenoxy) is 1. The number of carbonyl (C=O) groups is 1. The molecular weight excluding hydrogens is 294 g/mol. The predicted molar refractivity (Wildman–Crippen MR) is 75.0 cm³/mol. The zero-order valence-electron chi connectivity index (χ0n) is 11.4. The van der Waals surface area contributed by atoms with E-state index < -0.39 is 16.0 Å². The van der Waals surface area contributed by atoms with Gasteiger partial charge in [-0.15, -0.1) is 0 Å². The standard InChI is InChI=1S/C13H15N3O4S/c1-2-20-13(17)11-9-14-16-12(11)21(18,19)15-8-10-6-4-3-5-7-10/h3-7,9,15H,2,8H2,1H3,(H,14,16). The summed E-state index contributed by atoms with van der Waals surface area (Å²) in [5, 5.41) is 5.63. The molecule has 0 bridgehead atoms. The van der Waals surface area contributed by atoms with Crippen LogP contribution in [-0.2, 0) is 21.3 Å². The second-order valence-corrected chi connectivity index (χ2v) is 5.85. The van der Waals surface area contributed by atoms with Crippen LogP contribution in [0.4, 0.5) is 0 Å². The predicted octanol–water partition coefficient (Wildman–Crippen LogP) is 1.06. The highest BCUT2D eigenvalue weighted by Gasteiger charge is 2.25. The molecule has 0 fully saturated rings. The van der Waals surface area contributed by atoms with E-state index >= 15 is 0 Å². The van der Waals surface area contributed by atoms with Gasteiger partial charge in [-0.1, -0.05) is 30.3 Å². The van der Waals surface area contributed by atoms with E-state index in [4.69, 9.17) is 4.74 Å². The molecule has 2 rings (SSSR count). The highest BCUT2D eigenvalue weighted by atomic mass is 32.2. The van der Waals surface area contributed by atoms with E-state index in [-0.39, 0.29) is 23.7 Å². The Bertz CT molecular complexity index is 710. The van der Waals surface area contributed by atoms with Gasteiger partial charge in [0.2, 0.25) is 0 Å². The number of hydrogen-bond donors (Lipinski definition) is 2. The zero-order chi connectivity index (χ0) is 15.3. The lowest BCUT2D eigenvalue weighted by Gasteiger charge is -2.07. The van der Waals surface area contributed by atoms with Crippen molar-refractivity contribution in [3.05, 3.63) is 47.7 Å². The molecule has 0 aliphatic rings.